The van der Waals surface area contributed by atoms with Crippen LogP contribution in [0.3, 0.4) is 0 Å². The van der Waals surface area contributed by atoms with Gasteiger partial charge in [-0.25, -0.2) is 4.79 Å². The second kappa shape index (κ2) is 9.03. The molecular formula is C10H15NO4. The van der Waals surface area contributed by atoms with Gasteiger partial charge in [-0.3, -0.25) is 0 Å². The second-order valence-electron chi connectivity index (χ2n) is 2.43. The summed E-state index contributed by atoms with van der Waals surface area (Å²) < 4.78 is 14.5. The van der Waals surface area contributed by atoms with Crippen LogP contribution in [0.5, 0.6) is 0 Å². The molecule has 84 valence electrons. The smallest absolute Gasteiger partial charge is 0.352 e. The Morgan fingerprint density at radius 1 is 1.33 bits per heavy atom. The maximum Gasteiger partial charge on any atom is 0.352 e. The molecule has 0 spiro atoms. The summed E-state index contributed by atoms with van der Waals surface area (Å²) in [5.74, 6) is -0.689. The molecule has 0 rings (SSSR count). The molecule has 0 aliphatic rings. The van der Waals surface area contributed by atoms with Gasteiger partial charge in [0.2, 0.25) is 0 Å². The van der Waals surface area contributed by atoms with Gasteiger partial charge in [0.15, 0.2) is 5.57 Å². The van der Waals surface area contributed by atoms with E-state index in [9.17, 15) is 4.79 Å². The van der Waals surface area contributed by atoms with Gasteiger partial charge in [0, 0.05) is 6.61 Å². The van der Waals surface area contributed by atoms with E-state index in [0.717, 1.165) is 6.26 Å². The van der Waals surface area contributed by atoms with Crippen molar-refractivity contribution < 1.29 is 19.0 Å². The number of nitriles is 1. The number of esters is 1. The van der Waals surface area contributed by atoms with E-state index in [1.54, 1.807) is 13.0 Å². The topological polar surface area (TPSA) is 68.5 Å². The van der Waals surface area contributed by atoms with E-state index in [0.29, 0.717) is 19.8 Å². The molecule has 0 saturated heterocycles. The molecule has 0 heterocycles. The van der Waals surface area contributed by atoms with Crippen molar-refractivity contribution >= 4 is 5.97 Å². The van der Waals surface area contributed by atoms with Crippen molar-refractivity contribution in [3.05, 3.63) is 11.8 Å². The highest BCUT2D eigenvalue weighted by Gasteiger charge is 2.10. The summed E-state index contributed by atoms with van der Waals surface area (Å²) in [5, 5.41) is 8.60. The van der Waals surface area contributed by atoms with Crippen molar-refractivity contribution in [3.63, 3.8) is 0 Å². The van der Waals surface area contributed by atoms with E-state index in [2.05, 4.69) is 0 Å². The maximum atomic E-state index is 11.2. The van der Waals surface area contributed by atoms with Crippen LogP contribution in [0.4, 0.5) is 0 Å². The lowest BCUT2D eigenvalue weighted by Gasteiger charge is -2.03. The number of ether oxygens (including phenoxy) is 3. The van der Waals surface area contributed by atoms with Gasteiger partial charge in [0.05, 0.1) is 13.2 Å². The predicted octanol–water partition coefficient (Wildman–Crippen LogP) is 1.01. The van der Waals surface area contributed by atoms with E-state index in [1.165, 1.54) is 0 Å². The summed E-state index contributed by atoms with van der Waals surface area (Å²) in [6.07, 6.45) is 1.10. The van der Waals surface area contributed by atoms with Gasteiger partial charge in [-0.1, -0.05) is 0 Å². The van der Waals surface area contributed by atoms with E-state index in [4.69, 9.17) is 19.5 Å². The van der Waals surface area contributed by atoms with Crippen LogP contribution in [0, 0.1) is 11.3 Å². The van der Waals surface area contributed by atoms with Gasteiger partial charge >= 0.3 is 5.97 Å². The molecule has 15 heavy (non-hydrogen) atoms. The number of nitrogens with zero attached hydrogens (tertiary/aromatic N) is 1. The van der Waals surface area contributed by atoms with E-state index in [1.807, 2.05) is 6.92 Å². The minimum absolute atomic E-state index is 0.137. The minimum Gasteiger partial charge on any atom is -0.500 e. The zero-order chi connectivity index (χ0) is 11.5. The largest absolute Gasteiger partial charge is 0.500 e. The zero-order valence-corrected chi connectivity index (χ0v) is 8.99. The Kier molecular flexibility index (Phi) is 8.10. The average molecular weight is 213 g/mol. The first-order chi connectivity index (χ1) is 7.26. The van der Waals surface area contributed by atoms with Crippen LogP contribution in [0.25, 0.3) is 0 Å². The SMILES string of the molecule is CCOC=C(C#N)C(=O)OCCOCC. The fraction of sp³-hybridized carbons (Fsp3) is 0.600. The summed E-state index contributed by atoms with van der Waals surface area (Å²) in [7, 11) is 0. The molecule has 0 aliphatic carbocycles. The van der Waals surface area contributed by atoms with Gasteiger partial charge in [0.1, 0.15) is 18.9 Å². The molecule has 5 nitrogen and oxygen atoms in total. The normalized spacial score (nSPS) is 10.6. The third-order valence-corrected chi connectivity index (χ3v) is 1.37. The van der Waals surface area contributed by atoms with Crippen molar-refractivity contribution in [1.29, 1.82) is 5.26 Å². The highest BCUT2D eigenvalue weighted by Crippen LogP contribution is 1.97. The summed E-state index contributed by atoms with van der Waals surface area (Å²) in [4.78, 5) is 11.2. The number of carbonyl (C=O) groups is 1. The van der Waals surface area contributed by atoms with Crippen molar-refractivity contribution in [2.45, 2.75) is 13.8 Å². The van der Waals surface area contributed by atoms with Gasteiger partial charge < -0.3 is 14.2 Å². The van der Waals surface area contributed by atoms with Gasteiger partial charge in [-0.2, -0.15) is 5.26 Å². The van der Waals surface area contributed by atoms with Crippen LogP contribution in [0.15, 0.2) is 11.8 Å². The average Bonchev–Trinajstić information content (AvgIpc) is 2.25. The Morgan fingerprint density at radius 3 is 2.60 bits per heavy atom. The van der Waals surface area contributed by atoms with Gasteiger partial charge in [-0.05, 0) is 13.8 Å². The monoisotopic (exact) mass is 213 g/mol. The van der Waals surface area contributed by atoms with Crippen LogP contribution in [-0.2, 0) is 19.0 Å². The minimum atomic E-state index is -0.689. The molecule has 0 aromatic carbocycles. The van der Waals surface area contributed by atoms with Crippen molar-refractivity contribution in [2.75, 3.05) is 26.4 Å². The molecule has 0 atom stereocenters. The summed E-state index contributed by atoms with van der Waals surface area (Å²) in [6.45, 7) is 5.03. The predicted molar refractivity (Wildman–Crippen MR) is 52.8 cm³/mol. The Labute approximate surface area is 89.2 Å². The molecule has 0 saturated carbocycles. The van der Waals surface area contributed by atoms with Crippen LogP contribution in [0.1, 0.15) is 13.8 Å². The van der Waals surface area contributed by atoms with Gasteiger partial charge in [0.25, 0.3) is 0 Å². The highest BCUT2D eigenvalue weighted by molar-refractivity contribution is 5.92. The first kappa shape index (κ1) is 13.5. The molecule has 0 fully saturated rings. The lowest BCUT2D eigenvalue weighted by molar-refractivity contribution is -0.140. The Balaban J connectivity index is 3.90. The first-order valence-corrected chi connectivity index (χ1v) is 4.73. The molecule has 0 aromatic heterocycles. The highest BCUT2D eigenvalue weighted by atomic mass is 16.6. The second-order valence-corrected chi connectivity index (χ2v) is 2.43. The van der Waals surface area contributed by atoms with E-state index >= 15 is 0 Å². The molecule has 0 radical (unpaired) electrons. The van der Waals surface area contributed by atoms with Crippen LogP contribution in [0.2, 0.25) is 0 Å². The van der Waals surface area contributed by atoms with Crippen LogP contribution >= 0.6 is 0 Å². The molecular weight excluding hydrogens is 198 g/mol. The summed E-state index contributed by atoms with van der Waals surface area (Å²) in [5.41, 5.74) is -0.145. The molecule has 0 bridgehead atoms. The molecule has 5 heteroatoms. The maximum absolute atomic E-state index is 11.2. The number of hydrogen-bond acceptors (Lipinski definition) is 5. The number of rotatable bonds is 7. The standard InChI is InChI=1S/C10H15NO4/c1-3-13-5-6-15-10(12)9(7-11)8-14-4-2/h8H,3-6H2,1-2H3. The molecule has 0 aromatic rings. The van der Waals surface area contributed by atoms with Crippen molar-refractivity contribution in [2.24, 2.45) is 0 Å². The van der Waals surface area contributed by atoms with Crippen molar-refractivity contribution in [1.82, 2.24) is 0 Å². The van der Waals surface area contributed by atoms with E-state index in [-0.39, 0.29) is 12.2 Å². The Hall–Kier alpha value is -1.54. The van der Waals surface area contributed by atoms with Crippen molar-refractivity contribution in [3.8, 4) is 6.07 Å². The third-order valence-electron chi connectivity index (χ3n) is 1.37. The fourth-order valence-corrected chi connectivity index (χ4v) is 0.702. The first-order valence-electron chi connectivity index (χ1n) is 4.73. The Bertz CT molecular complexity index is 255. The molecule has 0 unspecified atom stereocenters. The van der Waals surface area contributed by atoms with E-state index < -0.39 is 5.97 Å². The number of hydrogen-bond donors (Lipinski definition) is 0. The molecule has 0 N–H and O–H groups in total. The fourth-order valence-electron chi connectivity index (χ4n) is 0.702. The van der Waals surface area contributed by atoms with Gasteiger partial charge in [-0.15, -0.1) is 0 Å². The van der Waals surface area contributed by atoms with Crippen LogP contribution in [-0.4, -0.2) is 32.4 Å². The zero-order valence-electron chi connectivity index (χ0n) is 8.99. The third kappa shape index (κ3) is 6.52. The quantitative estimate of drug-likeness (QED) is 0.207. The summed E-state index contributed by atoms with van der Waals surface area (Å²) in [6, 6.07) is 1.70. The Morgan fingerprint density at radius 2 is 2.07 bits per heavy atom. The lowest BCUT2D eigenvalue weighted by atomic mass is 10.3. The summed E-state index contributed by atoms with van der Waals surface area (Å²) >= 11 is 0. The lowest BCUT2D eigenvalue weighted by Crippen LogP contribution is -2.12. The van der Waals surface area contributed by atoms with Crippen LogP contribution < -0.4 is 0 Å². The number of carbonyl (C=O) groups excluding carboxylic acids is 1. The molecule has 0 amide bonds. The molecule has 0 aliphatic heterocycles.